The molecule has 0 unspecified atom stereocenters. The van der Waals surface area contributed by atoms with Crippen molar-refractivity contribution in [3.63, 3.8) is 0 Å². The molecule has 0 aliphatic carbocycles. The molecular weight excluding hydrogens is 298 g/mol. The van der Waals surface area contributed by atoms with E-state index in [0.29, 0.717) is 0 Å². The van der Waals surface area contributed by atoms with Gasteiger partial charge in [-0.2, -0.15) is 11.3 Å². The molecule has 2 aliphatic heterocycles. The summed E-state index contributed by atoms with van der Waals surface area (Å²) in [7, 11) is 0. The summed E-state index contributed by atoms with van der Waals surface area (Å²) in [4.78, 5) is 4.85. The number of hydrogen-bond donors (Lipinski definition) is 0. The SMILES string of the molecule is c1cc(CN2CCn3c(CN4CCOCC4)nnc3C2)cs1. The van der Waals surface area contributed by atoms with E-state index in [1.807, 2.05) is 0 Å². The maximum absolute atomic E-state index is 5.41. The number of ether oxygens (including phenoxy) is 1. The second-order valence-electron chi connectivity index (χ2n) is 5.91. The summed E-state index contributed by atoms with van der Waals surface area (Å²) in [6.45, 7) is 8.49. The van der Waals surface area contributed by atoms with E-state index in [9.17, 15) is 0 Å². The lowest BCUT2D eigenvalue weighted by atomic mass is 10.2. The van der Waals surface area contributed by atoms with Gasteiger partial charge in [-0.05, 0) is 22.4 Å². The zero-order valence-electron chi connectivity index (χ0n) is 12.6. The third kappa shape index (κ3) is 3.08. The Morgan fingerprint density at radius 1 is 1.05 bits per heavy atom. The molecule has 0 N–H and O–H groups in total. The van der Waals surface area contributed by atoms with Crippen molar-refractivity contribution in [1.29, 1.82) is 0 Å². The first kappa shape index (κ1) is 14.3. The van der Waals surface area contributed by atoms with Crippen molar-refractivity contribution in [2.24, 2.45) is 0 Å². The van der Waals surface area contributed by atoms with E-state index in [2.05, 4.69) is 41.4 Å². The molecule has 2 aromatic heterocycles. The molecule has 22 heavy (non-hydrogen) atoms. The Morgan fingerprint density at radius 3 is 2.77 bits per heavy atom. The number of nitrogens with zero attached hydrogens (tertiary/aromatic N) is 5. The number of morpholine rings is 1. The van der Waals surface area contributed by atoms with Crippen molar-refractivity contribution < 1.29 is 4.74 Å². The topological polar surface area (TPSA) is 46.4 Å². The monoisotopic (exact) mass is 319 g/mol. The minimum atomic E-state index is 0.829. The second-order valence-corrected chi connectivity index (χ2v) is 6.69. The van der Waals surface area contributed by atoms with Gasteiger partial charge >= 0.3 is 0 Å². The summed E-state index contributed by atoms with van der Waals surface area (Å²) >= 11 is 1.76. The smallest absolute Gasteiger partial charge is 0.147 e. The first-order valence-corrected chi connectivity index (χ1v) is 8.77. The highest BCUT2D eigenvalue weighted by Crippen LogP contribution is 2.17. The third-order valence-corrected chi connectivity index (χ3v) is 5.10. The predicted octanol–water partition coefficient (Wildman–Crippen LogP) is 1.19. The van der Waals surface area contributed by atoms with Crippen LogP contribution in [0.3, 0.4) is 0 Å². The van der Waals surface area contributed by atoms with Crippen LogP contribution in [0.4, 0.5) is 0 Å². The Bertz CT molecular complexity index is 605. The summed E-state index contributed by atoms with van der Waals surface area (Å²) in [5.74, 6) is 2.21. The summed E-state index contributed by atoms with van der Waals surface area (Å²) in [6, 6.07) is 2.20. The molecule has 0 aromatic carbocycles. The molecule has 2 aliphatic rings. The average Bonchev–Trinajstić information content (AvgIpc) is 3.19. The zero-order chi connectivity index (χ0) is 14.8. The van der Waals surface area contributed by atoms with Crippen LogP contribution in [0.5, 0.6) is 0 Å². The Balaban J connectivity index is 1.41. The summed E-state index contributed by atoms with van der Waals surface area (Å²) in [5.41, 5.74) is 1.39. The van der Waals surface area contributed by atoms with Crippen LogP contribution in [0.1, 0.15) is 17.2 Å². The van der Waals surface area contributed by atoms with Gasteiger partial charge in [0.15, 0.2) is 0 Å². The van der Waals surface area contributed by atoms with Gasteiger partial charge in [-0.3, -0.25) is 9.80 Å². The highest BCUT2D eigenvalue weighted by molar-refractivity contribution is 7.07. The van der Waals surface area contributed by atoms with Crippen molar-refractivity contribution in [3.8, 4) is 0 Å². The van der Waals surface area contributed by atoms with Gasteiger partial charge in [0.1, 0.15) is 11.6 Å². The van der Waals surface area contributed by atoms with E-state index in [0.717, 1.165) is 70.7 Å². The van der Waals surface area contributed by atoms with Gasteiger partial charge in [-0.25, -0.2) is 0 Å². The van der Waals surface area contributed by atoms with Crippen molar-refractivity contribution >= 4 is 11.3 Å². The average molecular weight is 319 g/mol. The number of fused-ring (bicyclic) bond motifs is 1. The Morgan fingerprint density at radius 2 is 1.95 bits per heavy atom. The minimum absolute atomic E-state index is 0.829. The largest absolute Gasteiger partial charge is 0.379 e. The van der Waals surface area contributed by atoms with E-state index in [4.69, 9.17) is 4.74 Å². The lowest BCUT2D eigenvalue weighted by Crippen LogP contribution is -2.38. The molecule has 0 bridgehead atoms. The van der Waals surface area contributed by atoms with Gasteiger partial charge < -0.3 is 9.30 Å². The van der Waals surface area contributed by atoms with Crippen LogP contribution in [0.2, 0.25) is 0 Å². The highest BCUT2D eigenvalue weighted by Gasteiger charge is 2.22. The van der Waals surface area contributed by atoms with Gasteiger partial charge in [0.25, 0.3) is 0 Å². The maximum atomic E-state index is 5.41. The van der Waals surface area contributed by atoms with Crippen LogP contribution >= 0.6 is 11.3 Å². The molecular formula is C15H21N5OS. The molecule has 1 fully saturated rings. The van der Waals surface area contributed by atoms with Crippen molar-refractivity contribution in [1.82, 2.24) is 24.6 Å². The normalized spacial score (nSPS) is 20.2. The molecule has 118 valence electrons. The van der Waals surface area contributed by atoms with Crippen LogP contribution in [0.15, 0.2) is 16.8 Å². The van der Waals surface area contributed by atoms with E-state index in [1.54, 1.807) is 11.3 Å². The fourth-order valence-electron chi connectivity index (χ4n) is 3.12. The Hall–Kier alpha value is -1.28. The molecule has 0 radical (unpaired) electrons. The molecule has 0 atom stereocenters. The second kappa shape index (κ2) is 6.45. The third-order valence-electron chi connectivity index (χ3n) is 4.36. The van der Waals surface area contributed by atoms with E-state index in [-0.39, 0.29) is 0 Å². The lowest BCUT2D eigenvalue weighted by Gasteiger charge is -2.29. The zero-order valence-corrected chi connectivity index (χ0v) is 13.5. The first-order valence-electron chi connectivity index (χ1n) is 7.83. The van der Waals surface area contributed by atoms with Crippen LogP contribution < -0.4 is 0 Å². The molecule has 0 saturated carbocycles. The Kier molecular flexibility index (Phi) is 4.20. The van der Waals surface area contributed by atoms with E-state index < -0.39 is 0 Å². The first-order chi connectivity index (χ1) is 10.9. The number of rotatable bonds is 4. The van der Waals surface area contributed by atoms with Crippen molar-refractivity contribution in [3.05, 3.63) is 34.0 Å². The minimum Gasteiger partial charge on any atom is -0.379 e. The fraction of sp³-hybridized carbons (Fsp3) is 0.600. The molecule has 7 heteroatoms. The maximum Gasteiger partial charge on any atom is 0.147 e. The van der Waals surface area contributed by atoms with Crippen LogP contribution in [-0.4, -0.2) is 57.4 Å². The highest BCUT2D eigenvalue weighted by atomic mass is 32.1. The van der Waals surface area contributed by atoms with Crippen LogP contribution in [0, 0.1) is 0 Å². The molecule has 0 amide bonds. The standard InChI is InChI=1S/C15H21N5OS/c1-8-22-12-13(1)9-19-2-3-20-14(16-17-15(20)11-19)10-18-4-6-21-7-5-18/h1,8,12H,2-7,9-11H2. The summed E-state index contributed by atoms with van der Waals surface area (Å²) in [5, 5.41) is 13.2. The molecule has 4 rings (SSSR count). The molecule has 4 heterocycles. The summed E-state index contributed by atoms with van der Waals surface area (Å²) in [6.07, 6.45) is 0. The number of thiophene rings is 1. The Labute approximate surface area is 134 Å². The van der Waals surface area contributed by atoms with Gasteiger partial charge in [0.05, 0.1) is 26.3 Å². The number of aromatic nitrogens is 3. The molecule has 0 spiro atoms. The van der Waals surface area contributed by atoms with E-state index in [1.165, 1.54) is 5.56 Å². The number of hydrogen-bond acceptors (Lipinski definition) is 6. The van der Waals surface area contributed by atoms with Gasteiger partial charge in [-0.15, -0.1) is 10.2 Å². The quantitative estimate of drug-likeness (QED) is 0.847. The lowest BCUT2D eigenvalue weighted by molar-refractivity contribution is 0.0323. The van der Waals surface area contributed by atoms with Gasteiger partial charge in [-0.1, -0.05) is 0 Å². The van der Waals surface area contributed by atoms with Gasteiger partial charge in [0, 0.05) is 32.7 Å². The van der Waals surface area contributed by atoms with Crippen LogP contribution in [-0.2, 0) is 30.9 Å². The fourth-order valence-corrected chi connectivity index (χ4v) is 3.78. The van der Waals surface area contributed by atoms with Gasteiger partial charge in [0.2, 0.25) is 0 Å². The summed E-state index contributed by atoms with van der Waals surface area (Å²) < 4.78 is 7.71. The predicted molar refractivity (Wildman–Crippen MR) is 84.6 cm³/mol. The van der Waals surface area contributed by atoms with E-state index >= 15 is 0 Å². The van der Waals surface area contributed by atoms with Crippen molar-refractivity contribution in [2.45, 2.75) is 26.2 Å². The molecule has 2 aromatic rings. The molecule has 6 nitrogen and oxygen atoms in total. The molecule has 1 saturated heterocycles. The van der Waals surface area contributed by atoms with Crippen LogP contribution in [0.25, 0.3) is 0 Å². The van der Waals surface area contributed by atoms with Crippen molar-refractivity contribution in [2.75, 3.05) is 32.8 Å².